The minimum atomic E-state index is -0.469. The van der Waals surface area contributed by atoms with Crippen LogP contribution in [0.5, 0.6) is 5.75 Å². The lowest BCUT2D eigenvalue weighted by Gasteiger charge is -2.08. The van der Waals surface area contributed by atoms with Crippen LogP contribution in [0.3, 0.4) is 0 Å². The van der Waals surface area contributed by atoms with Gasteiger partial charge in [-0.25, -0.2) is 14.6 Å². The van der Waals surface area contributed by atoms with E-state index in [0.29, 0.717) is 17.9 Å². The molecule has 3 aromatic rings. The molecule has 2 N–H and O–H groups in total. The molecule has 0 atom stereocenters. The van der Waals surface area contributed by atoms with E-state index in [1.54, 1.807) is 35.9 Å². The molecule has 4 rings (SSSR count). The molecule has 1 aromatic carbocycles. The minimum absolute atomic E-state index is 0.193. The van der Waals surface area contributed by atoms with E-state index in [1.165, 1.54) is 0 Å². The van der Waals surface area contributed by atoms with Crippen molar-refractivity contribution in [2.24, 2.45) is 5.73 Å². The summed E-state index contributed by atoms with van der Waals surface area (Å²) in [5.41, 5.74) is 7.48. The van der Waals surface area contributed by atoms with Gasteiger partial charge in [0.05, 0.1) is 12.3 Å². The Hall–Kier alpha value is -2.74. The van der Waals surface area contributed by atoms with Gasteiger partial charge in [-0.1, -0.05) is 0 Å². The molecule has 0 saturated heterocycles. The van der Waals surface area contributed by atoms with Crippen molar-refractivity contribution < 1.29 is 9.53 Å². The van der Waals surface area contributed by atoms with Crippen LogP contribution in [0.2, 0.25) is 0 Å². The largest absolute Gasteiger partial charge is 0.493 e. The number of aromatic nitrogens is 4. The van der Waals surface area contributed by atoms with E-state index < -0.39 is 5.91 Å². The molecule has 0 unspecified atom stereocenters. The van der Waals surface area contributed by atoms with Crippen molar-refractivity contribution >= 4 is 17.2 Å². The zero-order chi connectivity index (χ0) is 17.6. The molecule has 1 amide bonds. The highest BCUT2D eigenvalue weighted by Gasteiger charge is 2.24. The van der Waals surface area contributed by atoms with Crippen molar-refractivity contribution in [2.75, 3.05) is 6.61 Å². The molecule has 0 radical (unpaired) electrons. The first-order valence-electron chi connectivity index (χ1n) is 8.01. The van der Waals surface area contributed by atoms with E-state index in [2.05, 4.69) is 23.9 Å². The van der Waals surface area contributed by atoms with Crippen LogP contribution in [0.15, 0.2) is 24.5 Å². The number of primary amides is 1. The van der Waals surface area contributed by atoms with Crippen molar-refractivity contribution in [2.45, 2.75) is 26.3 Å². The molecule has 7 nitrogen and oxygen atoms in total. The Morgan fingerprint density at radius 3 is 3.00 bits per heavy atom. The number of thiazole rings is 1. The van der Waals surface area contributed by atoms with Gasteiger partial charge in [-0.05, 0) is 32.0 Å². The third kappa shape index (κ3) is 2.68. The van der Waals surface area contributed by atoms with Crippen LogP contribution in [0, 0.1) is 0 Å². The highest BCUT2D eigenvalue weighted by molar-refractivity contribution is 7.15. The second-order valence-corrected chi connectivity index (χ2v) is 7.17. The molecule has 1 aliphatic rings. The number of rotatable bonds is 3. The SMILES string of the molecule is CC(C)n1ncnc1-c1nc2c(s1)CCOc1ccc(C(N)=O)cc1-2. The van der Waals surface area contributed by atoms with Gasteiger partial charge in [0.25, 0.3) is 0 Å². The third-order valence-electron chi connectivity index (χ3n) is 4.06. The third-order valence-corrected chi connectivity index (χ3v) is 5.17. The smallest absolute Gasteiger partial charge is 0.248 e. The van der Waals surface area contributed by atoms with Gasteiger partial charge in [0.15, 0.2) is 10.8 Å². The predicted octanol–water partition coefficient (Wildman–Crippen LogP) is 2.68. The summed E-state index contributed by atoms with van der Waals surface area (Å²) in [6.45, 7) is 4.67. The number of nitrogens with two attached hydrogens (primary N) is 1. The summed E-state index contributed by atoms with van der Waals surface area (Å²) < 4.78 is 7.65. The predicted molar refractivity (Wildman–Crippen MR) is 94.7 cm³/mol. The molecule has 3 heterocycles. The maximum atomic E-state index is 11.5. The summed E-state index contributed by atoms with van der Waals surface area (Å²) in [6, 6.07) is 5.39. The summed E-state index contributed by atoms with van der Waals surface area (Å²) >= 11 is 1.59. The molecule has 0 bridgehead atoms. The van der Waals surface area contributed by atoms with E-state index >= 15 is 0 Å². The van der Waals surface area contributed by atoms with E-state index in [1.807, 2.05) is 4.68 Å². The van der Waals surface area contributed by atoms with Crippen LogP contribution in [-0.2, 0) is 6.42 Å². The number of benzene rings is 1. The van der Waals surface area contributed by atoms with Crippen molar-refractivity contribution in [3.05, 3.63) is 35.0 Å². The van der Waals surface area contributed by atoms with Crippen molar-refractivity contribution in [1.29, 1.82) is 0 Å². The van der Waals surface area contributed by atoms with Gasteiger partial charge in [-0.3, -0.25) is 4.79 Å². The second kappa shape index (κ2) is 5.96. The number of carbonyl (C=O) groups excluding carboxylic acids is 1. The normalized spacial score (nSPS) is 13.1. The fourth-order valence-corrected chi connectivity index (χ4v) is 3.90. The first-order valence-corrected chi connectivity index (χ1v) is 8.83. The van der Waals surface area contributed by atoms with Crippen LogP contribution < -0.4 is 10.5 Å². The zero-order valence-corrected chi connectivity index (χ0v) is 14.7. The molecule has 2 aromatic heterocycles. The van der Waals surface area contributed by atoms with Crippen molar-refractivity contribution in [1.82, 2.24) is 19.7 Å². The number of carbonyl (C=O) groups is 1. The van der Waals surface area contributed by atoms with E-state index in [4.69, 9.17) is 15.5 Å². The van der Waals surface area contributed by atoms with Crippen LogP contribution in [0.4, 0.5) is 0 Å². The molecule has 0 spiro atoms. The van der Waals surface area contributed by atoms with Gasteiger partial charge >= 0.3 is 0 Å². The summed E-state index contributed by atoms with van der Waals surface area (Å²) in [6.07, 6.45) is 2.30. The van der Waals surface area contributed by atoms with E-state index in [0.717, 1.165) is 33.4 Å². The lowest BCUT2D eigenvalue weighted by molar-refractivity contribution is 0.100. The van der Waals surface area contributed by atoms with Gasteiger partial charge in [0.1, 0.15) is 12.1 Å². The van der Waals surface area contributed by atoms with Crippen molar-refractivity contribution in [3.63, 3.8) is 0 Å². The molecular formula is C17H17N5O2S. The molecule has 0 aliphatic carbocycles. The highest BCUT2D eigenvalue weighted by atomic mass is 32.1. The Morgan fingerprint density at radius 2 is 2.24 bits per heavy atom. The van der Waals surface area contributed by atoms with E-state index in [-0.39, 0.29) is 6.04 Å². The summed E-state index contributed by atoms with van der Waals surface area (Å²) in [7, 11) is 0. The monoisotopic (exact) mass is 355 g/mol. The first-order chi connectivity index (χ1) is 12.0. The van der Waals surface area contributed by atoms with Crippen LogP contribution in [0.25, 0.3) is 22.1 Å². The Balaban J connectivity index is 1.87. The van der Waals surface area contributed by atoms with Crippen LogP contribution in [-0.4, -0.2) is 32.3 Å². The standard InChI is InChI=1S/C17H17N5O2S/c1-9(2)22-16(19-8-20-22)17-21-14-11-7-10(15(18)23)3-4-12(11)24-6-5-13(14)25-17/h3-4,7-9H,5-6H2,1-2H3,(H2,18,23). The minimum Gasteiger partial charge on any atom is -0.493 e. The fraction of sp³-hybridized carbons (Fsp3) is 0.294. The summed E-state index contributed by atoms with van der Waals surface area (Å²) in [5, 5.41) is 5.10. The number of nitrogens with zero attached hydrogens (tertiary/aromatic N) is 4. The van der Waals surface area contributed by atoms with E-state index in [9.17, 15) is 4.79 Å². The Kier molecular flexibility index (Phi) is 3.76. The number of hydrogen-bond donors (Lipinski definition) is 1. The lowest BCUT2D eigenvalue weighted by atomic mass is 10.1. The van der Waals surface area contributed by atoms with Gasteiger partial charge in [-0.15, -0.1) is 11.3 Å². The Bertz CT molecular complexity index is 960. The Morgan fingerprint density at radius 1 is 1.40 bits per heavy atom. The number of hydrogen-bond acceptors (Lipinski definition) is 6. The number of ether oxygens (including phenoxy) is 1. The second-order valence-electron chi connectivity index (χ2n) is 6.09. The average molecular weight is 355 g/mol. The zero-order valence-electron chi connectivity index (χ0n) is 13.9. The molecule has 25 heavy (non-hydrogen) atoms. The van der Waals surface area contributed by atoms with Crippen molar-refractivity contribution in [3.8, 4) is 27.8 Å². The van der Waals surface area contributed by atoms with Crippen LogP contribution >= 0.6 is 11.3 Å². The molecular weight excluding hydrogens is 338 g/mol. The summed E-state index contributed by atoms with van der Waals surface area (Å²) in [5.74, 6) is 0.996. The van der Waals surface area contributed by atoms with Gasteiger partial charge in [-0.2, -0.15) is 5.10 Å². The molecule has 8 heteroatoms. The topological polar surface area (TPSA) is 95.9 Å². The maximum Gasteiger partial charge on any atom is 0.248 e. The summed E-state index contributed by atoms with van der Waals surface area (Å²) in [4.78, 5) is 21.8. The quantitative estimate of drug-likeness (QED) is 0.779. The average Bonchev–Trinajstić information content (AvgIpc) is 3.18. The maximum absolute atomic E-state index is 11.5. The van der Waals surface area contributed by atoms with Gasteiger partial charge in [0, 0.05) is 28.5 Å². The highest BCUT2D eigenvalue weighted by Crippen LogP contribution is 2.40. The Labute approximate surface area is 148 Å². The molecule has 0 saturated carbocycles. The fourth-order valence-electron chi connectivity index (χ4n) is 2.86. The van der Waals surface area contributed by atoms with Gasteiger partial charge < -0.3 is 10.5 Å². The van der Waals surface area contributed by atoms with Gasteiger partial charge in [0.2, 0.25) is 5.91 Å². The first kappa shape index (κ1) is 15.8. The molecule has 1 aliphatic heterocycles. The number of fused-ring (bicyclic) bond motifs is 3. The lowest BCUT2D eigenvalue weighted by Crippen LogP contribution is -2.11. The van der Waals surface area contributed by atoms with Crippen LogP contribution in [0.1, 0.15) is 35.1 Å². The number of amides is 1. The molecule has 128 valence electrons. The molecule has 0 fully saturated rings.